The Bertz CT molecular complexity index is 1530. The number of nitrogens with one attached hydrogen (secondary N) is 3. The van der Waals surface area contributed by atoms with Gasteiger partial charge in [-0.2, -0.15) is 0 Å². The lowest BCUT2D eigenvalue weighted by Crippen LogP contribution is -2.28. The molecule has 0 fully saturated rings. The molecule has 1 amide bonds. The van der Waals surface area contributed by atoms with E-state index in [2.05, 4.69) is 25.4 Å². The van der Waals surface area contributed by atoms with E-state index in [4.69, 9.17) is 15.9 Å². The Balaban J connectivity index is 1.82. The monoisotopic (exact) mass is 533 g/mol. The highest BCUT2D eigenvalue weighted by Crippen LogP contribution is 2.32. The predicted molar refractivity (Wildman–Crippen MR) is 143 cm³/mol. The van der Waals surface area contributed by atoms with Gasteiger partial charge in [-0.3, -0.25) is 15.2 Å². The number of aryl methyl sites for hydroxylation is 1. The van der Waals surface area contributed by atoms with Crippen LogP contribution in [0.1, 0.15) is 35.5 Å². The van der Waals surface area contributed by atoms with Crippen molar-refractivity contribution >= 4 is 17.4 Å². The number of hydrogen-bond donors (Lipinski definition) is 4. The van der Waals surface area contributed by atoms with Crippen molar-refractivity contribution in [2.45, 2.75) is 19.4 Å². The number of nitrogen functional groups attached to an aromatic ring is 1. The zero-order valence-electron chi connectivity index (χ0n) is 21.6. The molecule has 0 bridgehead atoms. The zero-order valence-corrected chi connectivity index (χ0v) is 21.6. The minimum Gasteiger partial charge on any atom is -0.481 e. The maximum Gasteiger partial charge on any atom is 0.350 e. The fraction of sp³-hybridized carbons (Fsp3) is 0.231. The number of ether oxygens (including phenoxy) is 1. The molecule has 0 saturated heterocycles. The van der Waals surface area contributed by atoms with E-state index in [1.165, 1.54) is 17.3 Å². The van der Waals surface area contributed by atoms with Crippen molar-refractivity contribution < 1.29 is 13.9 Å². The van der Waals surface area contributed by atoms with Crippen LogP contribution in [0.25, 0.3) is 5.95 Å². The zero-order chi connectivity index (χ0) is 28.1. The van der Waals surface area contributed by atoms with Crippen molar-refractivity contribution in [2.75, 3.05) is 26.0 Å². The molecule has 2 heterocycles. The number of aromatic nitrogens is 5. The highest BCUT2D eigenvalue weighted by atomic mass is 19.1. The molecule has 0 saturated carbocycles. The summed E-state index contributed by atoms with van der Waals surface area (Å²) in [6.45, 7) is 1.55. The molecule has 2 aromatic carbocycles. The normalized spacial score (nSPS) is 11.6. The molecule has 4 rings (SSSR count). The summed E-state index contributed by atoms with van der Waals surface area (Å²) < 4.78 is 22.5. The first-order valence-corrected chi connectivity index (χ1v) is 12.0. The fourth-order valence-electron chi connectivity index (χ4n) is 3.68. The minimum atomic E-state index is -0.996. The molecule has 0 aliphatic rings. The molecule has 202 valence electrons. The van der Waals surface area contributed by atoms with Gasteiger partial charge in [0.2, 0.25) is 0 Å². The Morgan fingerprint density at radius 2 is 1.92 bits per heavy atom. The summed E-state index contributed by atoms with van der Waals surface area (Å²) in [7, 11) is 3.16. The molecule has 0 aliphatic carbocycles. The summed E-state index contributed by atoms with van der Waals surface area (Å²) in [5.41, 5.74) is 6.88. The van der Waals surface area contributed by atoms with Crippen LogP contribution in [-0.4, -0.2) is 62.1 Å². The van der Waals surface area contributed by atoms with Gasteiger partial charge in [0.25, 0.3) is 11.9 Å². The molecule has 1 unspecified atom stereocenters. The van der Waals surface area contributed by atoms with Crippen LogP contribution in [0.15, 0.2) is 59.7 Å². The lowest BCUT2D eigenvalue weighted by Gasteiger charge is -2.21. The number of nitrogens with zero attached hydrogens (tertiary/aromatic N) is 5. The van der Waals surface area contributed by atoms with Crippen LogP contribution in [0.2, 0.25) is 0 Å². The summed E-state index contributed by atoms with van der Waals surface area (Å²) in [4.78, 5) is 37.0. The van der Waals surface area contributed by atoms with Crippen LogP contribution in [0.3, 0.4) is 0 Å². The topological polar surface area (TPSA) is 168 Å². The molecule has 39 heavy (non-hydrogen) atoms. The van der Waals surface area contributed by atoms with Gasteiger partial charge < -0.3 is 20.7 Å². The molecule has 4 aromatic rings. The number of nitrogens with two attached hydrogens (primary N) is 1. The Morgan fingerprint density at radius 1 is 1.23 bits per heavy atom. The van der Waals surface area contributed by atoms with E-state index >= 15 is 4.39 Å². The maximum absolute atomic E-state index is 16.0. The van der Waals surface area contributed by atoms with Gasteiger partial charge in [-0.1, -0.05) is 13.0 Å². The van der Waals surface area contributed by atoms with Gasteiger partial charge in [-0.05, 0) is 48.4 Å². The van der Waals surface area contributed by atoms with Gasteiger partial charge in [0, 0.05) is 43.3 Å². The molecule has 13 heteroatoms. The quantitative estimate of drug-likeness (QED) is 0.177. The number of amidine groups is 1. The van der Waals surface area contributed by atoms with Crippen LogP contribution in [-0.2, 0) is 11.2 Å². The second-order valence-corrected chi connectivity index (χ2v) is 8.77. The first-order valence-electron chi connectivity index (χ1n) is 12.0. The number of benzene rings is 2. The van der Waals surface area contributed by atoms with Crippen LogP contribution < -0.4 is 21.5 Å². The van der Waals surface area contributed by atoms with Crippen LogP contribution in [0.5, 0.6) is 5.75 Å². The van der Waals surface area contributed by atoms with E-state index in [0.717, 1.165) is 10.2 Å². The number of aromatic amines is 1. The Hall–Kier alpha value is -5.07. The average molecular weight is 534 g/mol. The number of carbonyl (C=O) groups is 1. The highest BCUT2D eigenvalue weighted by molar-refractivity contribution is 5.95. The van der Waals surface area contributed by atoms with E-state index in [1.807, 2.05) is 6.92 Å². The Kier molecular flexibility index (Phi) is 7.98. The fourth-order valence-corrected chi connectivity index (χ4v) is 3.68. The van der Waals surface area contributed by atoms with Crippen molar-refractivity contribution in [3.8, 4) is 11.7 Å². The number of likely N-dealkylation sites (N-methyl/N-ethyl adjacent to an activating group) is 1. The number of anilines is 1. The predicted octanol–water partition coefficient (Wildman–Crippen LogP) is 2.00. The van der Waals surface area contributed by atoms with Gasteiger partial charge in [0.05, 0.1) is 0 Å². The third kappa shape index (κ3) is 6.09. The largest absolute Gasteiger partial charge is 0.481 e. The number of rotatable bonds is 10. The molecule has 2 aromatic heterocycles. The van der Waals surface area contributed by atoms with Crippen LogP contribution in [0.4, 0.5) is 10.1 Å². The molecular formula is C26H28FN9O3. The number of H-pyrrole nitrogens is 1. The average Bonchev–Trinajstić information content (AvgIpc) is 3.32. The molecule has 0 aliphatic heterocycles. The number of carbonyl (C=O) groups excluding carboxylic acids is 1. The van der Waals surface area contributed by atoms with E-state index in [-0.39, 0.29) is 41.4 Å². The van der Waals surface area contributed by atoms with Gasteiger partial charge in [0.1, 0.15) is 11.9 Å². The van der Waals surface area contributed by atoms with E-state index in [0.29, 0.717) is 17.7 Å². The number of amides is 1. The summed E-state index contributed by atoms with van der Waals surface area (Å²) in [6.07, 6.45) is 3.49. The minimum absolute atomic E-state index is 0.0450. The summed E-state index contributed by atoms with van der Waals surface area (Å²) in [5.74, 6) is -1.12. The van der Waals surface area contributed by atoms with Crippen molar-refractivity contribution in [3.63, 3.8) is 0 Å². The summed E-state index contributed by atoms with van der Waals surface area (Å²) in [6, 6.07) is 10.4. The maximum atomic E-state index is 16.0. The van der Waals surface area contributed by atoms with Crippen LogP contribution >= 0.6 is 0 Å². The van der Waals surface area contributed by atoms with Crippen molar-refractivity contribution in [3.05, 3.63) is 93.7 Å². The summed E-state index contributed by atoms with van der Waals surface area (Å²) in [5, 5.41) is 15.2. The molecule has 5 N–H and O–H groups in total. The lowest BCUT2D eigenvalue weighted by molar-refractivity contribution is -0.130. The molecule has 1 atom stereocenters. The van der Waals surface area contributed by atoms with E-state index in [1.54, 1.807) is 56.6 Å². The third-order valence-electron chi connectivity index (χ3n) is 5.85. The van der Waals surface area contributed by atoms with Gasteiger partial charge in [-0.15, -0.1) is 9.78 Å². The number of halogens is 1. The third-order valence-corrected chi connectivity index (χ3v) is 5.85. The molecular weight excluding hydrogens is 505 g/mol. The van der Waals surface area contributed by atoms with Crippen LogP contribution in [0, 0.1) is 11.2 Å². The van der Waals surface area contributed by atoms with E-state index < -0.39 is 17.5 Å². The van der Waals surface area contributed by atoms with Gasteiger partial charge >= 0.3 is 5.69 Å². The van der Waals surface area contributed by atoms with E-state index in [9.17, 15) is 9.59 Å². The van der Waals surface area contributed by atoms with Crippen molar-refractivity contribution in [1.29, 1.82) is 5.41 Å². The first kappa shape index (κ1) is 27.0. The number of hydrogen-bond acceptors (Lipinski definition) is 8. The smallest absolute Gasteiger partial charge is 0.350 e. The van der Waals surface area contributed by atoms with Gasteiger partial charge in [-0.25, -0.2) is 19.2 Å². The standard InChI is InChI=1S/C26H28FN9O3/c1-4-15-12-18(21(27)19(13-15)39-14-20(37)35(2)3)22(32-17-8-6-16(7-9-17)23(28)29)24-33-26(38)36(34-24)25-30-10-5-11-31-25/h5-13,22,32H,4,14H2,1-3H3,(H3,28,29)(H,33,34,38). The van der Waals surface area contributed by atoms with Crippen molar-refractivity contribution in [2.24, 2.45) is 5.73 Å². The lowest BCUT2D eigenvalue weighted by atomic mass is 10.00. The highest BCUT2D eigenvalue weighted by Gasteiger charge is 2.27. The Labute approximate surface area is 223 Å². The molecule has 12 nitrogen and oxygen atoms in total. The SMILES string of the molecule is CCc1cc(OCC(=O)N(C)C)c(F)c(C(Nc2ccc(C(=N)N)cc2)c2nn(-c3ncccn3)c(=O)[nH]2)c1. The molecule has 0 spiro atoms. The van der Waals surface area contributed by atoms with Gasteiger partial charge in [0.15, 0.2) is 24.0 Å². The molecule has 0 radical (unpaired) electrons. The summed E-state index contributed by atoms with van der Waals surface area (Å²) >= 11 is 0. The first-order chi connectivity index (χ1) is 18.7. The Morgan fingerprint density at radius 3 is 2.54 bits per heavy atom. The second kappa shape index (κ2) is 11.5. The van der Waals surface area contributed by atoms with Crippen molar-refractivity contribution in [1.82, 2.24) is 29.6 Å². The second-order valence-electron chi connectivity index (χ2n) is 8.77.